The number of carboxylic acid groups (broad SMARTS) is 1. The second kappa shape index (κ2) is 9.72. The third-order valence-corrected chi connectivity index (χ3v) is 6.58. The van der Waals surface area contributed by atoms with Gasteiger partial charge in [-0.05, 0) is 23.8 Å². The summed E-state index contributed by atoms with van der Waals surface area (Å²) in [4.78, 5) is 35.6. The number of nitrogens with zero attached hydrogens (tertiary/aromatic N) is 4. The maximum absolute atomic E-state index is 12.7. The third-order valence-electron chi connectivity index (χ3n) is 5.60. The van der Waals surface area contributed by atoms with Crippen LogP contribution in [0.15, 0.2) is 57.2 Å². The van der Waals surface area contributed by atoms with Crippen LogP contribution in [0.25, 0.3) is 21.4 Å². The summed E-state index contributed by atoms with van der Waals surface area (Å²) >= 11 is 1.37. The summed E-state index contributed by atoms with van der Waals surface area (Å²) in [5, 5.41) is 15.9. The number of rotatable bonds is 7. The van der Waals surface area contributed by atoms with E-state index < -0.39 is 5.97 Å². The minimum absolute atomic E-state index is 0.0528. The Morgan fingerprint density at radius 2 is 2.00 bits per heavy atom. The number of morpholine rings is 1. The first-order chi connectivity index (χ1) is 17.0. The van der Waals surface area contributed by atoms with E-state index in [1.807, 2.05) is 34.5 Å². The molecule has 1 fully saturated rings. The third kappa shape index (κ3) is 4.96. The van der Waals surface area contributed by atoms with Gasteiger partial charge in [0.2, 0.25) is 11.4 Å². The number of likely N-dealkylation sites (N-methyl/N-ethyl adjacent to an activating group) is 1. The number of nitrogens with one attached hydrogen (secondary N) is 1. The molecular formula is C24H22N5O5S-. The molecule has 0 spiro atoms. The van der Waals surface area contributed by atoms with Crippen LogP contribution >= 0.6 is 11.3 Å². The highest BCUT2D eigenvalue weighted by Crippen LogP contribution is 2.35. The van der Waals surface area contributed by atoms with E-state index in [1.165, 1.54) is 16.2 Å². The number of carbonyl (C=O) groups excluding carboxylic acids is 1. The molecule has 1 saturated heterocycles. The van der Waals surface area contributed by atoms with Crippen molar-refractivity contribution < 1.29 is 19.1 Å². The normalized spacial score (nSPS) is 13.7. The minimum atomic E-state index is -1.19. The molecule has 4 aromatic rings. The van der Waals surface area contributed by atoms with E-state index in [0.717, 1.165) is 16.8 Å². The van der Waals surface area contributed by atoms with Crippen LogP contribution in [0.2, 0.25) is 0 Å². The number of carboxylic acids is 1. The highest BCUT2D eigenvalue weighted by Gasteiger charge is 2.18. The zero-order chi connectivity index (χ0) is 24.4. The Labute approximate surface area is 204 Å². The number of benzene rings is 1. The van der Waals surface area contributed by atoms with Crippen molar-refractivity contribution >= 4 is 50.9 Å². The van der Waals surface area contributed by atoms with Gasteiger partial charge < -0.3 is 34.2 Å². The second-order valence-corrected chi connectivity index (χ2v) is 8.90. The lowest BCUT2D eigenvalue weighted by molar-refractivity contribution is -0.303. The van der Waals surface area contributed by atoms with Gasteiger partial charge in [0.1, 0.15) is 10.5 Å². The van der Waals surface area contributed by atoms with Gasteiger partial charge in [-0.15, -0.1) is 11.3 Å². The fourth-order valence-electron chi connectivity index (χ4n) is 3.83. The molecule has 1 N–H and O–H groups in total. The number of hydrogen-bond donors (Lipinski definition) is 1. The Kier molecular flexibility index (Phi) is 6.34. The highest BCUT2D eigenvalue weighted by molar-refractivity contribution is 7.17. The molecule has 0 radical (unpaired) electrons. The summed E-state index contributed by atoms with van der Waals surface area (Å²) in [5.74, 6) is 0.163. The Balaban J connectivity index is 1.38. The molecule has 3 aromatic heterocycles. The fourth-order valence-corrected chi connectivity index (χ4v) is 4.74. The van der Waals surface area contributed by atoms with Crippen LogP contribution in [0.4, 0.5) is 23.3 Å². The summed E-state index contributed by atoms with van der Waals surface area (Å²) < 4.78 is 12.2. The number of thiophene rings is 1. The Morgan fingerprint density at radius 3 is 2.74 bits per heavy atom. The van der Waals surface area contributed by atoms with Crippen LogP contribution < -0.4 is 25.7 Å². The summed E-state index contributed by atoms with van der Waals surface area (Å²) in [6, 6.07) is 10.8. The summed E-state index contributed by atoms with van der Waals surface area (Å²) in [7, 11) is 1.62. The van der Waals surface area contributed by atoms with Crippen molar-refractivity contribution in [3.05, 3.63) is 58.2 Å². The molecule has 1 aromatic carbocycles. The lowest BCUT2D eigenvalue weighted by atomic mass is 10.1. The maximum Gasteiger partial charge on any atom is 0.229 e. The van der Waals surface area contributed by atoms with Gasteiger partial charge in [-0.1, -0.05) is 12.1 Å². The Bertz CT molecular complexity index is 1410. The Morgan fingerprint density at radius 1 is 1.23 bits per heavy atom. The molecule has 1 aliphatic heterocycles. The van der Waals surface area contributed by atoms with Gasteiger partial charge in [-0.3, -0.25) is 4.79 Å². The number of ether oxygens (including phenoxy) is 1. The molecule has 11 heteroatoms. The number of carbonyl (C=O) groups is 1. The standard InChI is InChI=1S/C24H23N5O5S/c1-28(13-21(31)32)19-6-7-25-24(27-19)26-16-4-2-15(3-5-16)17-14-35-23-18(30)12-20(34-22(17)23)29-8-10-33-11-9-29/h2-7,12,14H,8-11,13H2,1H3,(H,31,32)(H,25,26,27)/p-1. The van der Waals surface area contributed by atoms with Crippen LogP contribution in [0, 0.1) is 0 Å². The van der Waals surface area contributed by atoms with E-state index in [1.54, 1.807) is 25.4 Å². The van der Waals surface area contributed by atoms with Gasteiger partial charge in [-0.2, -0.15) is 4.98 Å². The molecule has 0 unspecified atom stereocenters. The lowest BCUT2D eigenvalue weighted by Crippen LogP contribution is -2.36. The molecule has 0 aliphatic carbocycles. The van der Waals surface area contributed by atoms with Crippen molar-refractivity contribution in [2.75, 3.05) is 55.0 Å². The quantitative estimate of drug-likeness (QED) is 0.410. The topological polar surface area (TPSA) is 124 Å². The molecule has 10 nitrogen and oxygen atoms in total. The molecular weight excluding hydrogens is 470 g/mol. The van der Waals surface area contributed by atoms with Crippen LogP contribution in [0.3, 0.4) is 0 Å². The van der Waals surface area contributed by atoms with Gasteiger partial charge in [0, 0.05) is 49.0 Å². The second-order valence-electron chi connectivity index (χ2n) is 8.02. The van der Waals surface area contributed by atoms with Crippen LogP contribution in [0.1, 0.15) is 0 Å². The molecule has 0 atom stereocenters. The fraction of sp³-hybridized carbons (Fsp3) is 0.250. The predicted molar refractivity (Wildman–Crippen MR) is 132 cm³/mol. The Hall–Kier alpha value is -3.96. The predicted octanol–water partition coefficient (Wildman–Crippen LogP) is 2.08. The van der Waals surface area contributed by atoms with Crippen molar-refractivity contribution in [2.45, 2.75) is 0 Å². The first-order valence-electron chi connectivity index (χ1n) is 11.0. The van der Waals surface area contributed by atoms with Crippen molar-refractivity contribution in [1.82, 2.24) is 9.97 Å². The minimum Gasteiger partial charge on any atom is -0.548 e. The van der Waals surface area contributed by atoms with E-state index in [4.69, 9.17) is 9.15 Å². The molecule has 4 heterocycles. The van der Waals surface area contributed by atoms with Crippen LogP contribution in [-0.4, -0.2) is 55.8 Å². The number of aliphatic carboxylic acids is 1. The molecule has 35 heavy (non-hydrogen) atoms. The molecule has 180 valence electrons. The summed E-state index contributed by atoms with van der Waals surface area (Å²) in [6.07, 6.45) is 1.55. The zero-order valence-electron chi connectivity index (χ0n) is 18.9. The van der Waals surface area contributed by atoms with Gasteiger partial charge >= 0.3 is 0 Å². The van der Waals surface area contributed by atoms with Crippen molar-refractivity contribution in [1.29, 1.82) is 0 Å². The maximum atomic E-state index is 12.7. The van der Waals surface area contributed by atoms with Crippen molar-refractivity contribution in [3.63, 3.8) is 0 Å². The van der Waals surface area contributed by atoms with Gasteiger partial charge in [-0.25, -0.2) is 4.98 Å². The van der Waals surface area contributed by atoms with Crippen molar-refractivity contribution in [2.24, 2.45) is 0 Å². The largest absolute Gasteiger partial charge is 0.548 e. The average Bonchev–Trinajstić information content (AvgIpc) is 3.29. The first-order valence-corrected chi connectivity index (χ1v) is 11.9. The van der Waals surface area contributed by atoms with E-state index in [-0.39, 0.29) is 12.0 Å². The molecule has 0 saturated carbocycles. The van der Waals surface area contributed by atoms with Gasteiger partial charge in [0.15, 0.2) is 11.5 Å². The van der Waals surface area contributed by atoms with Crippen LogP contribution in [0.5, 0.6) is 0 Å². The molecule has 0 bridgehead atoms. The SMILES string of the molecule is CN(CC(=O)[O-])c1ccnc(Nc2ccc(-c3csc4c(=O)cc(N5CCOCC5)oc34)cc2)n1. The highest BCUT2D eigenvalue weighted by atomic mass is 32.1. The number of hydrogen-bond acceptors (Lipinski definition) is 11. The first kappa shape index (κ1) is 22.8. The number of anilines is 4. The molecule has 5 rings (SSSR count). The number of aromatic nitrogens is 2. The van der Waals surface area contributed by atoms with Crippen molar-refractivity contribution in [3.8, 4) is 11.1 Å². The lowest BCUT2D eigenvalue weighted by Gasteiger charge is -2.27. The number of fused-ring (bicyclic) bond motifs is 1. The average molecular weight is 493 g/mol. The monoisotopic (exact) mass is 492 g/mol. The molecule has 1 aliphatic rings. The van der Waals surface area contributed by atoms with Crippen LogP contribution in [-0.2, 0) is 9.53 Å². The van der Waals surface area contributed by atoms with E-state index in [0.29, 0.717) is 54.2 Å². The summed E-state index contributed by atoms with van der Waals surface area (Å²) in [5.41, 5.74) is 3.04. The van der Waals surface area contributed by atoms with E-state index >= 15 is 0 Å². The van der Waals surface area contributed by atoms with E-state index in [2.05, 4.69) is 15.3 Å². The van der Waals surface area contributed by atoms with E-state index in [9.17, 15) is 14.7 Å². The smallest absolute Gasteiger partial charge is 0.229 e. The summed E-state index contributed by atoms with van der Waals surface area (Å²) in [6.45, 7) is 2.29. The van der Waals surface area contributed by atoms with Gasteiger partial charge in [0.05, 0.1) is 25.7 Å². The van der Waals surface area contributed by atoms with Gasteiger partial charge in [0.25, 0.3) is 0 Å². The molecule has 0 amide bonds. The zero-order valence-corrected chi connectivity index (χ0v) is 19.7.